The number of carbonyl (C=O) groups excluding carboxylic acids is 1. The van der Waals surface area contributed by atoms with Crippen LogP contribution in [0.15, 0.2) is 41.0 Å². The van der Waals surface area contributed by atoms with E-state index in [4.69, 9.17) is 4.74 Å². The molecule has 6 heteroatoms. The van der Waals surface area contributed by atoms with Gasteiger partial charge in [0, 0.05) is 26.3 Å². The molecule has 0 aliphatic carbocycles. The lowest BCUT2D eigenvalue weighted by Gasteiger charge is -2.09. The monoisotopic (exact) mass is 446 g/mol. The molecule has 0 unspecified atom stereocenters. The van der Waals surface area contributed by atoms with Gasteiger partial charge < -0.3 is 10.1 Å². The molecular formula is C14H12BrIN2O2. The first-order valence-corrected chi connectivity index (χ1v) is 7.70. The summed E-state index contributed by atoms with van der Waals surface area (Å²) in [5, 5.41) is 2.87. The normalized spacial score (nSPS) is 10.2. The maximum Gasteiger partial charge on any atom is 0.252 e. The predicted octanol–water partition coefficient (Wildman–Crippen LogP) is 3.39. The van der Waals surface area contributed by atoms with E-state index in [1.807, 2.05) is 30.3 Å². The second-order valence-electron chi connectivity index (χ2n) is 3.98. The smallest absolute Gasteiger partial charge is 0.252 e. The molecule has 0 atom stereocenters. The highest BCUT2D eigenvalue weighted by molar-refractivity contribution is 14.1. The maximum atomic E-state index is 12.2. The van der Waals surface area contributed by atoms with Crippen LogP contribution in [0.4, 0.5) is 0 Å². The van der Waals surface area contributed by atoms with Crippen LogP contribution in [0, 0.1) is 3.57 Å². The number of nitrogens with zero attached hydrogens (tertiary/aromatic N) is 1. The fourth-order valence-electron chi connectivity index (χ4n) is 1.68. The van der Waals surface area contributed by atoms with E-state index in [2.05, 4.69) is 48.8 Å². The van der Waals surface area contributed by atoms with Gasteiger partial charge in [-0.3, -0.25) is 4.79 Å². The van der Waals surface area contributed by atoms with Crippen molar-refractivity contribution in [2.24, 2.45) is 0 Å². The Kier molecular flexibility index (Phi) is 5.36. The Morgan fingerprint density at radius 3 is 3.00 bits per heavy atom. The average Bonchev–Trinajstić information content (AvgIpc) is 2.47. The van der Waals surface area contributed by atoms with Gasteiger partial charge >= 0.3 is 0 Å². The summed E-state index contributed by atoms with van der Waals surface area (Å²) in [5.74, 6) is 0.385. The molecule has 1 aromatic carbocycles. The Morgan fingerprint density at radius 2 is 2.25 bits per heavy atom. The zero-order chi connectivity index (χ0) is 14.5. The van der Waals surface area contributed by atoms with Gasteiger partial charge in [0.2, 0.25) is 5.88 Å². The van der Waals surface area contributed by atoms with Crippen molar-refractivity contribution in [1.29, 1.82) is 0 Å². The molecule has 1 amide bonds. The van der Waals surface area contributed by atoms with Crippen molar-refractivity contribution in [2.75, 3.05) is 7.11 Å². The third kappa shape index (κ3) is 3.69. The number of rotatable bonds is 4. The van der Waals surface area contributed by atoms with Crippen LogP contribution in [0.5, 0.6) is 5.88 Å². The first kappa shape index (κ1) is 15.2. The molecule has 20 heavy (non-hydrogen) atoms. The van der Waals surface area contributed by atoms with E-state index >= 15 is 0 Å². The average molecular weight is 447 g/mol. The topological polar surface area (TPSA) is 51.2 Å². The third-order valence-electron chi connectivity index (χ3n) is 2.66. The van der Waals surface area contributed by atoms with Gasteiger partial charge in [0.05, 0.1) is 12.7 Å². The molecule has 0 spiro atoms. The molecule has 2 rings (SSSR count). The number of halogens is 2. The Bertz CT molecular complexity index is 634. The minimum absolute atomic E-state index is 0.138. The molecule has 0 saturated heterocycles. The molecular weight excluding hydrogens is 435 g/mol. The summed E-state index contributed by atoms with van der Waals surface area (Å²) in [6.45, 7) is 0.369. The second-order valence-corrected chi connectivity index (χ2v) is 6.08. The van der Waals surface area contributed by atoms with Crippen molar-refractivity contribution in [2.45, 2.75) is 6.54 Å². The van der Waals surface area contributed by atoms with E-state index in [0.717, 1.165) is 13.6 Å². The number of hydrogen-bond donors (Lipinski definition) is 1. The molecule has 0 saturated carbocycles. The van der Waals surface area contributed by atoms with Gasteiger partial charge in [-0.1, -0.05) is 6.07 Å². The van der Waals surface area contributed by atoms with E-state index in [1.54, 1.807) is 13.3 Å². The van der Waals surface area contributed by atoms with E-state index in [0.29, 0.717) is 18.0 Å². The summed E-state index contributed by atoms with van der Waals surface area (Å²) in [6.07, 6.45) is 1.65. The summed E-state index contributed by atoms with van der Waals surface area (Å²) in [6, 6.07) is 9.31. The van der Waals surface area contributed by atoms with Gasteiger partial charge in [0.1, 0.15) is 0 Å². The fourth-order valence-corrected chi connectivity index (χ4v) is 2.60. The quantitative estimate of drug-likeness (QED) is 0.732. The minimum atomic E-state index is -0.138. The standard InChI is InChI=1S/C14H12BrIN2O2/c1-20-14-9(3-2-6-17-14)8-18-13(19)11-7-10(16)4-5-12(11)15/h2-7H,8H2,1H3,(H,18,19). The summed E-state index contributed by atoms with van der Waals surface area (Å²) < 4.78 is 6.93. The van der Waals surface area contributed by atoms with E-state index in [9.17, 15) is 4.79 Å². The molecule has 1 heterocycles. The van der Waals surface area contributed by atoms with Gasteiger partial charge in [-0.25, -0.2) is 4.98 Å². The zero-order valence-corrected chi connectivity index (χ0v) is 14.4. The van der Waals surface area contributed by atoms with Crippen LogP contribution in [0.2, 0.25) is 0 Å². The Labute approximate surface area is 139 Å². The first-order valence-electron chi connectivity index (χ1n) is 5.83. The summed E-state index contributed by atoms with van der Waals surface area (Å²) >= 11 is 5.56. The number of amides is 1. The van der Waals surface area contributed by atoms with Gasteiger partial charge in [-0.2, -0.15) is 0 Å². The number of pyridine rings is 1. The molecule has 104 valence electrons. The zero-order valence-electron chi connectivity index (χ0n) is 10.7. The molecule has 2 aromatic rings. The number of benzene rings is 1. The molecule has 1 N–H and O–H groups in total. The predicted molar refractivity (Wildman–Crippen MR) is 88.8 cm³/mol. The second kappa shape index (κ2) is 7.03. The van der Waals surface area contributed by atoms with Gasteiger partial charge in [-0.15, -0.1) is 0 Å². The molecule has 0 radical (unpaired) electrons. The fraction of sp³-hybridized carbons (Fsp3) is 0.143. The van der Waals surface area contributed by atoms with Crippen molar-refractivity contribution in [1.82, 2.24) is 10.3 Å². The van der Waals surface area contributed by atoms with Crippen molar-refractivity contribution < 1.29 is 9.53 Å². The van der Waals surface area contributed by atoms with Crippen LogP contribution in [0.1, 0.15) is 15.9 Å². The highest BCUT2D eigenvalue weighted by Crippen LogP contribution is 2.20. The van der Waals surface area contributed by atoms with E-state index < -0.39 is 0 Å². The van der Waals surface area contributed by atoms with Crippen LogP contribution < -0.4 is 10.1 Å². The number of methoxy groups -OCH3 is 1. The highest BCUT2D eigenvalue weighted by Gasteiger charge is 2.11. The van der Waals surface area contributed by atoms with Crippen LogP contribution in [-0.4, -0.2) is 18.0 Å². The molecule has 1 aromatic heterocycles. The molecule has 4 nitrogen and oxygen atoms in total. The molecule has 0 fully saturated rings. The lowest BCUT2D eigenvalue weighted by molar-refractivity contribution is 0.0950. The summed E-state index contributed by atoms with van der Waals surface area (Å²) in [7, 11) is 1.56. The minimum Gasteiger partial charge on any atom is -0.481 e. The van der Waals surface area contributed by atoms with Crippen LogP contribution in [-0.2, 0) is 6.54 Å². The van der Waals surface area contributed by atoms with Crippen molar-refractivity contribution >= 4 is 44.4 Å². The van der Waals surface area contributed by atoms with Crippen molar-refractivity contribution in [3.05, 3.63) is 55.7 Å². The highest BCUT2D eigenvalue weighted by atomic mass is 127. The van der Waals surface area contributed by atoms with Gasteiger partial charge in [-0.05, 0) is 62.8 Å². The summed E-state index contributed by atoms with van der Waals surface area (Å²) in [4.78, 5) is 16.3. The van der Waals surface area contributed by atoms with Crippen molar-refractivity contribution in [3.8, 4) is 5.88 Å². The SMILES string of the molecule is COc1ncccc1CNC(=O)c1cc(I)ccc1Br. The number of aromatic nitrogens is 1. The lowest BCUT2D eigenvalue weighted by Crippen LogP contribution is -2.23. The Hall–Kier alpha value is -1.15. The molecule has 0 aliphatic heterocycles. The first-order chi connectivity index (χ1) is 9.61. The summed E-state index contributed by atoms with van der Waals surface area (Å²) in [5.41, 5.74) is 1.45. The molecule has 0 aliphatic rings. The maximum absolute atomic E-state index is 12.2. The van der Waals surface area contributed by atoms with Gasteiger partial charge in [0.15, 0.2) is 0 Å². The van der Waals surface area contributed by atoms with E-state index in [-0.39, 0.29) is 5.91 Å². The number of hydrogen-bond acceptors (Lipinski definition) is 3. The van der Waals surface area contributed by atoms with Crippen LogP contribution >= 0.6 is 38.5 Å². The van der Waals surface area contributed by atoms with Crippen molar-refractivity contribution in [3.63, 3.8) is 0 Å². The number of ether oxygens (including phenoxy) is 1. The Morgan fingerprint density at radius 1 is 1.45 bits per heavy atom. The molecule has 0 bridgehead atoms. The van der Waals surface area contributed by atoms with Crippen LogP contribution in [0.3, 0.4) is 0 Å². The third-order valence-corrected chi connectivity index (χ3v) is 4.02. The number of carbonyl (C=O) groups is 1. The van der Waals surface area contributed by atoms with E-state index in [1.165, 1.54) is 0 Å². The lowest BCUT2D eigenvalue weighted by atomic mass is 10.2. The Balaban J connectivity index is 2.11. The van der Waals surface area contributed by atoms with Crippen LogP contribution in [0.25, 0.3) is 0 Å². The largest absolute Gasteiger partial charge is 0.481 e. The number of nitrogens with one attached hydrogen (secondary N) is 1. The van der Waals surface area contributed by atoms with Gasteiger partial charge in [0.25, 0.3) is 5.91 Å².